The Balaban J connectivity index is 1.51. The number of aryl methyl sites for hydroxylation is 2. The summed E-state index contributed by atoms with van der Waals surface area (Å²) in [7, 11) is 1.64. The number of methoxy groups -OCH3 is 1. The van der Waals surface area contributed by atoms with E-state index >= 15 is 0 Å². The zero-order chi connectivity index (χ0) is 21.3. The van der Waals surface area contributed by atoms with E-state index in [1.165, 1.54) is 5.56 Å². The molecule has 2 aromatic carbocycles. The van der Waals surface area contributed by atoms with Gasteiger partial charge in [-0.1, -0.05) is 19.1 Å². The fourth-order valence-electron chi connectivity index (χ4n) is 2.88. The quantitative estimate of drug-likeness (QED) is 0.467. The highest BCUT2D eigenvalue weighted by atomic mass is 16.5. The van der Waals surface area contributed by atoms with Gasteiger partial charge < -0.3 is 20.7 Å². The molecule has 0 unspecified atom stereocenters. The molecule has 0 aliphatic carbocycles. The summed E-state index contributed by atoms with van der Waals surface area (Å²) in [4.78, 5) is 21.1. The largest absolute Gasteiger partial charge is 0.497 e. The molecule has 0 spiro atoms. The van der Waals surface area contributed by atoms with Crippen LogP contribution in [0, 0.1) is 6.92 Å². The third-order valence-corrected chi connectivity index (χ3v) is 4.53. The van der Waals surface area contributed by atoms with Gasteiger partial charge in [0, 0.05) is 36.1 Å². The number of nitrogens with zero attached hydrogens (tertiary/aromatic N) is 2. The number of amides is 1. The summed E-state index contributed by atoms with van der Waals surface area (Å²) in [6.45, 7) is 4.98. The summed E-state index contributed by atoms with van der Waals surface area (Å²) in [5.74, 6) is 1.90. The van der Waals surface area contributed by atoms with Crippen LogP contribution in [0.15, 0.2) is 54.6 Å². The van der Waals surface area contributed by atoms with Crippen molar-refractivity contribution in [1.82, 2.24) is 15.3 Å². The molecule has 3 rings (SSSR count). The Kier molecular flexibility index (Phi) is 7.21. The average Bonchev–Trinajstić information content (AvgIpc) is 2.77. The van der Waals surface area contributed by atoms with Gasteiger partial charge in [-0.05, 0) is 55.3 Å². The molecular weight excluding hydrogens is 378 g/mol. The van der Waals surface area contributed by atoms with Gasteiger partial charge in [-0.25, -0.2) is 4.98 Å². The maximum atomic E-state index is 12.2. The molecule has 0 bridgehead atoms. The van der Waals surface area contributed by atoms with Gasteiger partial charge in [0.25, 0.3) is 5.91 Å². The van der Waals surface area contributed by atoms with Crippen LogP contribution in [0.25, 0.3) is 0 Å². The van der Waals surface area contributed by atoms with Crippen molar-refractivity contribution in [3.8, 4) is 5.75 Å². The van der Waals surface area contributed by atoms with E-state index in [4.69, 9.17) is 4.74 Å². The van der Waals surface area contributed by atoms with E-state index in [9.17, 15) is 4.79 Å². The Morgan fingerprint density at radius 3 is 2.40 bits per heavy atom. The molecule has 7 heteroatoms. The molecule has 3 N–H and O–H groups in total. The smallest absolute Gasteiger partial charge is 0.251 e. The molecule has 0 atom stereocenters. The van der Waals surface area contributed by atoms with Gasteiger partial charge in [0.05, 0.1) is 7.11 Å². The highest BCUT2D eigenvalue weighted by Crippen LogP contribution is 2.19. The zero-order valence-electron chi connectivity index (χ0n) is 17.5. The first kappa shape index (κ1) is 21.1. The van der Waals surface area contributed by atoms with E-state index in [1.807, 2.05) is 61.5 Å². The van der Waals surface area contributed by atoms with Crippen LogP contribution in [0.1, 0.15) is 28.5 Å². The first-order chi connectivity index (χ1) is 14.6. The fraction of sp³-hybridized carbons (Fsp3) is 0.261. The molecule has 0 saturated carbocycles. The molecule has 30 heavy (non-hydrogen) atoms. The number of hydrogen-bond acceptors (Lipinski definition) is 6. The summed E-state index contributed by atoms with van der Waals surface area (Å²) < 4.78 is 5.17. The number of carbonyl (C=O) groups excluding carboxylic acids is 1. The lowest BCUT2D eigenvalue weighted by Gasteiger charge is -2.11. The number of benzene rings is 2. The Morgan fingerprint density at radius 1 is 1.00 bits per heavy atom. The van der Waals surface area contributed by atoms with Crippen molar-refractivity contribution >= 4 is 23.4 Å². The lowest BCUT2D eigenvalue weighted by molar-refractivity contribution is 0.0955. The van der Waals surface area contributed by atoms with Crippen LogP contribution in [0.5, 0.6) is 5.75 Å². The van der Waals surface area contributed by atoms with Crippen molar-refractivity contribution in [3.05, 3.63) is 71.4 Å². The molecule has 1 heterocycles. The van der Waals surface area contributed by atoms with Crippen LogP contribution in [0.2, 0.25) is 0 Å². The van der Waals surface area contributed by atoms with Gasteiger partial charge in [-0.15, -0.1) is 0 Å². The van der Waals surface area contributed by atoms with Crippen molar-refractivity contribution in [2.45, 2.75) is 20.3 Å². The Bertz CT molecular complexity index is 972. The molecule has 7 nitrogen and oxygen atoms in total. The second-order valence-electron chi connectivity index (χ2n) is 6.80. The molecule has 3 aromatic rings. The number of aromatic nitrogens is 2. The van der Waals surface area contributed by atoms with Crippen LogP contribution >= 0.6 is 0 Å². The molecule has 0 aliphatic rings. The lowest BCUT2D eigenvalue weighted by Crippen LogP contribution is -2.29. The van der Waals surface area contributed by atoms with Gasteiger partial charge in [0.2, 0.25) is 5.95 Å². The number of carbonyl (C=O) groups is 1. The van der Waals surface area contributed by atoms with Crippen LogP contribution in [0.3, 0.4) is 0 Å². The predicted octanol–water partition coefficient (Wildman–Crippen LogP) is 3.94. The molecular formula is C23H27N5O2. The maximum absolute atomic E-state index is 12.2. The maximum Gasteiger partial charge on any atom is 0.251 e. The van der Waals surface area contributed by atoms with E-state index in [2.05, 4.69) is 32.8 Å². The van der Waals surface area contributed by atoms with Crippen LogP contribution < -0.4 is 20.7 Å². The van der Waals surface area contributed by atoms with Crippen LogP contribution in [-0.4, -0.2) is 36.1 Å². The summed E-state index contributed by atoms with van der Waals surface area (Å²) in [5, 5.41) is 9.32. The van der Waals surface area contributed by atoms with Crippen molar-refractivity contribution < 1.29 is 9.53 Å². The van der Waals surface area contributed by atoms with Gasteiger partial charge in [-0.2, -0.15) is 4.98 Å². The van der Waals surface area contributed by atoms with E-state index in [-0.39, 0.29) is 5.91 Å². The zero-order valence-corrected chi connectivity index (χ0v) is 17.5. The van der Waals surface area contributed by atoms with E-state index in [0.29, 0.717) is 30.4 Å². The Morgan fingerprint density at radius 2 is 1.73 bits per heavy atom. The molecule has 0 radical (unpaired) electrons. The average molecular weight is 406 g/mol. The molecule has 1 aromatic heterocycles. The lowest BCUT2D eigenvalue weighted by atomic mass is 10.1. The third kappa shape index (κ3) is 5.94. The highest BCUT2D eigenvalue weighted by Gasteiger charge is 2.06. The molecule has 156 valence electrons. The summed E-state index contributed by atoms with van der Waals surface area (Å²) in [6, 6.07) is 17.1. The fourth-order valence-corrected chi connectivity index (χ4v) is 2.88. The molecule has 0 saturated heterocycles. The van der Waals surface area contributed by atoms with Crippen molar-refractivity contribution in [3.63, 3.8) is 0 Å². The SMILES string of the molecule is CCc1ccc(C(=O)NCCNc2nc(C)cc(Nc3ccc(OC)cc3)n2)cc1. The standard InChI is InChI=1S/C23H27N5O2/c1-4-17-5-7-18(8-6-17)22(29)24-13-14-25-23-26-16(2)15-21(28-23)27-19-9-11-20(30-3)12-10-19/h5-12,15H,4,13-14H2,1-3H3,(H,24,29)(H2,25,26,27,28). The summed E-state index contributed by atoms with van der Waals surface area (Å²) in [5.41, 5.74) is 3.61. The normalized spacial score (nSPS) is 10.4. The van der Waals surface area contributed by atoms with Gasteiger partial charge in [0.1, 0.15) is 11.6 Å². The molecule has 1 amide bonds. The molecule has 0 fully saturated rings. The van der Waals surface area contributed by atoms with Gasteiger partial charge in [0.15, 0.2) is 0 Å². The first-order valence-electron chi connectivity index (χ1n) is 9.95. The first-order valence-corrected chi connectivity index (χ1v) is 9.95. The second kappa shape index (κ2) is 10.2. The highest BCUT2D eigenvalue weighted by molar-refractivity contribution is 5.94. The number of ether oxygens (including phenoxy) is 1. The van der Waals surface area contributed by atoms with Gasteiger partial charge in [-0.3, -0.25) is 4.79 Å². The van der Waals surface area contributed by atoms with E-state index in [0.717, 1.165) is 23.6 Å². The van der Waals surface area contributed by atoms with E-state index < -0.39 is 0 Å². The van der Waals surface area contributed by atoms with Crippen molar-refractivity contribution in [2.75, 3.05) is 30.8 Å². The number of anilines is 3. The number of nitrogens with one attached hydrogen (secondary N) is 3. The summed E-state index contributed by atoms with van der Waals surface area (Å²) >= 11 is 0. The minimum atomic E-state index is -0.0912. The number of hydrogen-bond donors (Lipinski definition) is 3. The molecule has 0 aliphatic heterocycles. The van der Waals surface area contributed by atoms with Crippen molar-refractivity contribution in [1.29, 1.82) is 0 Å². The minimum Gasteiger partial charge on any atom is -0.497 e. The summed E-state index contributed by atoms with van der Waals surface area (Å²) in [6.07, 6.45) is 0.956. The van der Waals surface area contributed by atoms with Crippen LogP contribution in [0.4, 0.5) is 17.5 Å². The Labute approximate surface area is 176 Å². The third-order valence-electron chi connectivity index (χ3n) is 4.53. The van der Waals surface area contributed by atoms with Crippen molar-refractivity contribution in [2.24, 2.45) is 0 Å². The van der Waals surface area contributed by atoms with Gasteiger partial charge >= 0.3 is 0 Å². The van der Waals surface area contributed by atoms with Crippen LogP contribution in [-0.2, 0) is 6.42 Å². The Hall–Kier alpha value is -3.61. The topological polar surface area (TPSA) is 88.2 Å². The minimum absolute atomic E-state index is 0.0912. The monoisotopic (exact) mass is 405 g/mol. The van der Waals surface area contributed by atoms with E-state index in [1.54, 1.807) is 7.11 Å². The second-order valence-corrected chi connectivity index (χ2v) is 6.80. The number of rotatable bonds is 9. The predicted molar refractivity (Wildman–Crippen MR) is 120 cm³/mol.